The summed E-state index contributed by atoms with van der Waals surface area (Å²) in [5, 5.41) is 10.6. The van der Waals surface area contributed by atoms with Crippen LogP contribution in [0.4, 0.5) is 0 Å². The summed E-state index contributed by atoms with van der Waals surface area (Å²) in [7, 11) is 0. The second-order valence-electron chi connectivity index (χ2n) is 4.45. The standard InChI is InChI=1S/C15H8N2O2/c18-11-6-5-10-12-13(11)15(19)9-4-2-1-3-8(9)14(12)17-7-16-10/h1-7,18H. The number of aromatic nitrogens is 2. The second kappa shape index (κ2) is 3.38. The molecule has 0 saturated heterocycles. The molecule has 3 aromatic rings. The summed E-state index contributed by atoms with van der Waals surface area (Å²) in [6.45, 7) is 0. The van der Waals surface area contributed by atoms with Crippen LogP contribution in [0.3, 0.4) is 0 Å². The zero-order chi connectivity index (χ0) is 13.0. The number of phenolic OH excluding ortho intramolecular Hbond substituents is 1. The Kier molecular flexibility index (Phi) is 1.82. The first-order chi connectivity index (χ1) is 9.27. The van der Waals surface area contributed by atoms with Crippen LogP contribution in [0.2, 0.25) is 0 Å². The van der Waals surface area contributed by atoms with E-state index in [0.717, 1.165) is 5.56 Å². The fourth-order valence-electron chi connectivity index (χ4n) is 2.60. The highest BCUT2D eigenvalue weighted by atomic mass is 16.3. The molecule has 0 saturated carbocycles. The van der Waals surface area contributed by atoms with Gasteiger partial charge < -0.3 is 5.11 Å². The number of hydrogen-bond donors (Lipinski definition) is 1. The molecule has 1 aliphatic carbocycles. The van der Waals surface area contributed by atoms with E-state index in [1.165, 1.54) is 12.4 Å². The van der Waals surface area contributed by atoms with Gasteiger partial charge in [0.2, 0.25) is 0 Å². The Morgan fingerprint density at radius 3 is 2.58 bits per heavy atom. The number of hydrogen-bond acceptors (Lipinski definition) is 4. The van der Waals surface area contributed by atoms with E-state index in [-0.39, 0.29) is 11.5 Å². The van der Waals surface area contributed by atoms with Crippen LogP contribution in [0.1, 0.15) is 15.9 Å². The van der Waals surface area contributed by atoms with Crippen molar-refractivity contribution in [2.45, 2.75) is 0 Å². The van der Waals surface area contributed by atoms with Crippen molar-refractivity contribution in [1.82, 2.24) is 9.97 Å². The molecule has 90 valence electrons. The van der Waals surface area contributed by atoms with E-state index in [2.05, 4.69) is 9.97 Å². The molecule has 4 heteroatoms. The van der Waals surface area contributed by atoms with E-state index in [4.69, 9.17) is 0 Å². The number of benzene rings is 2. The third kappa shape index (κ3) is 1.20. The number of ketones is 1. The molecule has 1 aliphatic rings. The van der Waals surface area contributed by atoms with Gasteiger partial charge in [-0.15, -0.1) is 0 Å². The van der Waals surface area contributed by atoms with Gasteiger partial charge in [0.1, 0.15) is 12.1 Å². The minimum atomic E-state index is -0.180. The average molecular weight is 248 g/mol. The third-order valence-electron chi connectivity index (χ3n) is 3.44. The van der Waals surface area contributed by atoms with Crippen molar-refractivity contribution in [3.63, 3.8) is 0 Å². The molecule has 0 atom stereocenters. The van der Waals surface area contributed by atoms with Crippen LogP contribution in [0.5, 0.6) is 5.75 Å². The van der Waals surface area contributed by atoms with E-state index >= 15 is 0 Å². The molecule has 1 N–H and O–H groups in total. The van der Waals surface area contributed by atoms with Crippen molar-refractivity contribution in [1.29, 1.82) is 0 Å². The predicted molar refractivity (Wildman–Crippen MR) is 70.1 cm³/mol. The zero-order valence-corrected chi connectivity index (χ0v) is 9.79. The van der Waals surface area contributed by atoms with E-state index < -0.39 is 0 Å². The molecular formula is C15H8N2O2. The van der Waals surface area contributed by atoms with Crippen LogP contribution in [0.15, 0.2) is 42.7 Å². The van der Waals surface area contributed by atoms with Gasteiger partial charge in [0.05, 0.1) is 16.8 Å². The van der Waals surface area contributed by atoms with Crippen LogP contribution < -0.4 is 0 Å². The Morgan fingerprint density at radius 2 is 1.74 bits per heavy atom. The number of phenols is 1. The molecule has 19 heavy (non-hydrogen) atoms. The number of carbonyl (C=O) groups excluding carboxylic acids is 1. The molecule has 4 nitrogen and oxygen atoms in total. The maximum absolute atomic E-state index is 12.5. The third-order valence-corrected chi connectivity index (χ3v) is 3.44. The summed E-state index contributed by atoms with van der Waals surface area (Å²) in [6, 6.07) is 10.5. The van der Waals surface area contributed by atoms with E-state index in [1.807, 2.05) is 12.1 Å². The molecule has 0 spiro atoms. The average Bonchev–Trinajstić information content (AvgIpc) is 2.45. The normalized spacial score (nSPS) is 12.5. The Labute approximate surface area is 108 Å². The van der Waals surface area contributed by atoms with Gasteiger partial charge in [-0.2, -0.15) is 0 Å². The first-order valence-electron chi connectivity index (χ1n) is 5.88. The van der Waals surface area contributed by atoms with Crippen LogP contribution in [0, 0.1) is 0 Å². The van der Waals surface area contributed by atoms with Gasteiger partial charge in [0.15, 0.2) is 5.78 Å². The Morgan fingerprint density at radius 1 is 0.947 bits per heavy atom. The molecule has 1 heterocycles. The van der Waals surface area contributed by atoms with Crippen molar-refractivity contribution in [3.8, 4) is 17.0 Å². The summed E-state index contributed by atoms with van der Waals surface area (Å²) in [6.07, 6.45) is 1.48. The van der Waals surface area contributed by atoms with Crippen molar-refractivity contribution >= 4 is 16.7 Å². The molecule has 0 aliphatic heterocycles. The summed E-state index contributed by atoms with van der Waals surface area (Å²) < 4.78 is 0. The Hall–Kier alpha value is -2.75. The zero-order valence-electron chi connectivity index (χ0n) is 9.79. The van der Waals surface area contributed by atoms with Gasteiger partial charge in [0.25, 0.3) is 0 Å². The number of fused-ring (bicyclic) bond motifs is 2. The van der Waals surface area contributed by atoms with Gasteiger partial charge in [-0.1, -0.05) is 24.3 Å². The molecule has 2 aromatic carbocycles. The molecular weight excluding hydrogens is 240 g/mol. The number of aromatic hydroxyl groups is 1. The predicted octanol–water partition coefficient (Wildman–Crippen LogP) is 2.55. The smallest absolute Gasteiger partial charge is 0.198 e. The Balaban J connectivity index is 2.30. The van der Waals surface area contributed by atoms with Gasteiger partial charge in [-0.05, 0) is 12.1 Å². The number of carbonyl (C=O) groups is 1. The largest absolute Gasteiger partial charge is 0.507 e. The quantitative estimate of drug-likeness (QED) is 0.519. The maximum Gasteiger partial charge on any atom is 0.198 e. The fraction of sp³-hybridized carbons (Fsp3) is 0. The molecule has 4 rings (SSSR count). The van der Waals surface area contributed by atoms with Crippen LogP contribution in [-0.4, -0.2) is 20.9 Å². The number of nitrogens with zero attached hydrogens (tertiary/aromatic N) is 2. The highest BCUT2D eigenvalue weighted by Gasteiger charge is 2.28. The van der Waals surface area contributed by atoms with Crippen LogP contribution >= 0.6 is 0 Å². The van der Waals surface area contributed by atoms with Crippen LogP contribution in [0.25, 0.3) is 22.2 Å². The lowest BCUT2D eigenvalue weighted by atomic mass is 9.86. The lowest BCUT2D eigenvalue weighted by Gasteiger charge is -2.18. The van der Waals surface area contributed by atoms with Gasteiger partial charge in [-0.25, -0.2) is 9.97 Å². The molecule has 0 radical (unpaired) electrons. The lowest BCUT2D eigenvalue weighted by molar-refractivity contribution is 0.103. The van der Waals surface area contributed by atoms with Gasteiger partial charge >= 0.3 is 0 Å². The topological polar surface area (TPSA) is 63.1 Å². The molecule has 0 amide bonds. The highest BCUT2D eigenvalue weighted by molar-refractivity contribution is 6.26. The van der Waals surface area contributed by atoms with Crippen molar-refractivity contribution < 1.29 is 9.90 Å². The van der Waals surface area contributed by atoms with Crippen molar-refractivity contribution in [2.75, 3.05) is 0 Å². The number of rotatable bonds is 0. The first kappa shape index (κ1) is 10.2. The lowest BCUT2D eigenvalue weighted by Crippen LogP contribution is -2.11. The maximum atomic E-state index is 12.5. The molecule has 0 unspecified atom stereocenters. The highest BCUT2D eigenvalue weighted by Crippen LogP contribution is 2.40. The summed E-state index contributed by atoms with van der Waals surface area (Å²) in [4.78, 5) is 20.9. The van der Waals surface area contributed by atoms with E-state index in [9.17, 15) is 9.90 Å². The molecule has 0 fully saturated rings. The molecule has 0 bridgehead atoms. The molecule has 1 aromatic heterocycles. The second-order valence-corrected chi connectivity index (χ2v) is 4.45. The van der Waals surface area contributed by atoms with E-state index in [1.54, 1.807) is 18.2 Å². The minimum Gasteiger partial charge on any atom is -0.507 e. The summed E-state index contributed by atoms with van der Waals surface area (Å²) in [5.41, 5.74) is 3.02. The van der Waals surface area contributed by atoms with Crippen LogP contribution in [-0.2, 0) is 0 Å². The van der Waals surface area contributed by atoms with Crippen molar-refractivity contribution in [2.24, 2.45) is 0 Å². The monoisotopic (exact) mass is 248 g/mol. The summed E-state index contributed by atoms with van der Waals surface area (Å²) in [5.74, 6) is -0.205. The van der Waals surface area contributed by atoms with E-state index in [0.29, 0.717) is 27.7 Å². The minimum absolute atomic E-state index is 0.0250. The Bertz CT molecular complexity index is 856. The first-order valence-corrected chi connectivity index (χ1v) is 5.88. The fourth-order valence-corrected chi connectivity index (χ4v) is 2.60. The summed E-state index contributed by atoms with van der Waals surface area (Å²) >= 11 is 0. The SMILES string of the molecule is O=C1c2ccccc2-c2ncnc3ccc(O)c1c23. The van der Waals surface area contributed by atoms with Gasteiger partial charge in [-0.3, -0.25) is 4.79 Å². The van der Waals surface area contributed by atoms with Crippen molar-refractivity contribution in [3.05, 3.63) is 53.9 Å². The van der Waals surface area contributed by atoms with Gasteiger partial charge in [0, 0.05) is 16.5 Å².